The van der Waals surface area contributed by atoms with Crippen LogP contribution in [0.2, 0.25) is 0 Å². The number of hydrogen-bond acceptors (Lipinski definition) is 4. The second-order valence-electron chi connectivity index (χ2n) is 7.12. The fourth-order valence-electron chi connectivity index (χ4n) is 3.86. The Bertz CT molecular complexity index is 844. The van der Waals surface area contributed by atoms with Gasteiger partial charge in [0, 0.05) is 17.5 Å². The molecule has 2 aliphatic heterocycles. The normalized spacial score (nSPS) is 19.6. The van der Waals surface area contributed by atoms with E-state index >= 15 is 0 Å². The number of ether oxygens (including phenoxy) is 3. The molecule has 0 saturated carbocycles. The number of nitrogens with one attached hydrogen (secondary N) is 1. The van der Waals surface area contributed by atoms with Gasteiger partial charge in [-0.3, -0.25) is 4.79 Å². The van der Waals surface area contributed by atoms with Crippen molar-refractivity contribution in [1.29, 1.82) is 0 Å². The zero-order valence-electron chi connectivity index (χ0n) is 15.8. The minimum absolute atomic E-state index is 0.0875. The van der Waals surface area contributed by atoms with Gasteiger partial charge in [0.25, 0.3) is 5.91 Å². The summed E-state index contributed by atoms with van der Waals surface area (Å²) >= 11 is 0. The molecule has 0 aliphatic carbocycles. The SMILES string of the molecule is CCC1(CC)C[C@H](NC(=O)c2ccc3c(c2)OCCO3)c2ccccc2O1. The van der Waals surface area contributed by atoms with E-state index in [0.717, 1.165) is 30.6 Å². The number of hydrogen-bond donors (Lipinski definition) is 1. The summed E-state index contributed by atoms with van der Waals surface area (Å²) in [6.07, 6.45) is 2.55. The molecular weight excluding hydrogens is 342 g/mol. The summed E-state index contributed by atoms with van der Waals surface area (Å²) in [7, 11) is 0. The minimum atomic E-state index is -0.251. The van der Waals surface area contributed by atoms with Gasteiger partial charge in [-0.2, -0.15) is 0 Å². The van der Waals surface area contributed by atoms with Gasteiger partial charge in [-0.05, 0) is 37.1 Å². The van der Waals surface area contributed by atoms with Gasteiger partial charge < -0.3 is 19.5 Å². The van der Waals surface area contributed by atoms with Crippen LogP contribution in [-0.4, -0.2) is 24.7 Å². The quantitative estimate of drug-likeness (QED) is 0.877. The van der Waals surface area contributed by atoms with E-state index in [1.807, 2.05) is 24.3 Å². The number of carbonyl (C=O) groups excluding carboxylic acids is 1. The fourth-order valence-corrected chi connectivity index (χ4v) is 3.86. The second kappa shape index (κ2) is 7.14. The third-order valence-electron chi connectivity index (χ3n) is 5.60. The molecule has 1 N–H and O–H groups in total. The second-order valence-corrected chi connectivity index (χ2v) is 7.12. The van der Waals surface area contributed by atoms with Gasteiger partial charge in [-0.25, -0.2) is 0 Å². The molecule has 1 amide bonds. The zero-order chi connectivity index (χ0) is 18.9. The first kappa shape index (κ1) is 17.7. The maximum absolute atomic E-state index is 12.9. The summed E-state index contributed by atoms with van der Waals surface area (Å²) in [5.74, 6) is 2.05. The third kappa shape index (κ3) is 3.34. The maximum atomic E-state index is 12.9. The zero-order valence-corrected chi connectivity index (χ0v) is 15.8. The highest BCUT2D eigenvalue weighted by atomic mass is 16.6. The molecule has 0 bridgehead atoms. The van der Waals surface area contributed by atoms with Crippen molar-refractivity contribution in [2.75, 3.05) is 13.2 Å². The number of para-hydroxylation sites is 1. The molecule has 0 radical (unpaired) electrons. The molecule has 0 spiro atoms. The maximum Gasteiger partial charge on any atom is 0.251 e. The monoisotopic (exact) mass is 367 g/mol. The van der Waals surface area contributed by atoms with Crippen molar-refractivity contribution in [2.24, 2.45) is 0 Å². The Hall–Kier alpha value is -2.69. The molecule has 0 fully saturated rings. The van der Waals surface area contributed by atoms with Crippen molar-refractivity contribution < 1.29 is 19.0 Å². The molecule has 0 unspecified atom stereocenters. The lowest BCUT2D eigenvalue weighted by atomic mass is 9.83. The van der Waals surface area contributed by atoms with Crippen molar-refractivity contribution in [3.05, 3.63) is 53.6 Å². The standard InChI is InChI=1S/C22H25NO4/c1-3-22(4-2)14-17(16-7-5-6-8-18(16)27-22)23-21(24)15-9-10-19-20(13-15)26-12-11-25-19/h5-10,13,17H,3-4,11-12,14H2,1-2H3,(H,23,24)/t17-/m0/s1. The van der Waals surface area contributed by atoms with E-state index in [-0.39, 0.29) is 17.6 Å². The lowest BCUT2D eigenvalue weighted by Gasteiger charge is -2.41. The lowest BCUT2D eigenvalue weighted by molar-refractivity contribution is 0.0227. The fraction of sp³-hybridized carbons (Fsp3) is 0.409. The predicted molar refractivity (Wildman–Crippen MR) is 103 cm³/mol. The highest BCUT2D eigenvalue weighted by molar-refractivity contribution is 5.95. The van der Waals surface area contributed by atoms with Crippen LogP contribution < -0.4 is 19.5 Å². The van der Waals surface area contributed by atoms with Crippen LogP contribution in [0.15, 0.2) is 42.5 Å². The van der Waals surface area contributed by atoms with Gasteiger partial charge >= 0.3 is 0 Å². The molecule has 2 aromatic rings. The summed E-state index contributed by atoms with van der Waals surface area (Å²) < 4.78 is 17.5. The van der Waals surface area contributed by atoms with E-state index in [1.165, 1.54) is 0 Å². The van der Waals surface area contributed by atoms with Gasteiger partial charge in [0.2, 0.25) is 0 Å². The summed E-state index contributed by atoms with van der Waals surface area (Å²) in [4.78, 5) is 12.9. The van der Waals surface area contributed by atoms with Gasteiger partial charge in [0.1, 0.15) is 24.6 Å². The molecule has 0 saturated heterocycles. The molecule has 0 aromatic heterocycles. The molecule has 1 atom stereocenters. The largest absolute Gasteiger partial charge is 0.487 e. The van der Waals surface area contributed by atoms with Gasteiger partial charge in [-0.15, -0.1) is 0 Å². The Kier molecular flexibility index (Phi) is 4.68. The van der Waals surface area contributed by atoms with Crippen LogP contribution in [0.4, 0.5) is 0 Å². The first-order chi connectivity index (χ1) is 13.1. The smallest absolute Gasteiger partial charge is 0.251 e. The van der Waals surface area contributed by atoms with E-state index in [1.54, 1.807) is 18.2 Å². The van der Waals surface area contributed by atoms with E-state index in [4.69, 9.17) is 14.2 Å². The van der Waals surface area contributed by atoms with Crippen LogP contribution in [0.5, 0.6) is 17.2 Å². The summed E-state index contributed by atoms with van der Waals surface area (Å²) in [6.45, 7) is 5.31. The van der Waals surface area contributed by atoms with Crippen LogP contribution in [0, 0.1) is 0 Å². The van der Waals surface area contributed by atoms with Crippen LogP contribution in [0.3, 0.4) is 0 Å². The van der Waals surface area contributed by atoms with Crippen molar-refractivity contribution in [2.45, 2.75) is 44.8 Å². The van der Waals surface area contributed by atoms with Crippen LogP contribution in [-0.2, 0) is 0 Å². The highest BCUT2D eigenvalue weighted by Gasteiger charge is 2.39. The summed E-state index contributed by atoms with van der Waals surface area (Å²) in [5, 5.41) is 3.21. The van der Waals surface area contributed by atoms with Crippen LogP contribution >= 0.6 is 0 Å². The van der Waals surface area contributed by atoms with Crippen molar-refractivity contribution in [1.82, 2.24) is 5.32 Å². The van der Waals surface area contributed by atoms with E-state index in [2.05, 4.69) is 19.2 Å². The van der Waals surface area contributed by atoms with Gasteiger partial charge in [0.15, 0.2) is 11.5 Å². The Morgan fingerprint density at radius 2 is 1.78 bits per heavy atom. The summed E-state index contributed by atoms with van der Waals surface area (Å²) in [5.41, 5.74) is 1.35. The van der Waals surface area contributed by atoms with Crippen molar-refractivity contribution in [3.8, 4) is 17.2 Å². The first-order valence-corrected chi connectivity index (χ1v) is 9.62. The molecule has 5 heteroatoms. The van der Waals surface area contributed by atoms with Gasteiger partial charge in [-0.1, -0.05) is 32.0 Å². The molecule has 2 aromatic carbocycles. The van der Waals surface area contributed by atoms with Crippen LogP contribution in [0.25, 0.3) is 0 Å². The number of fused-ring (bicyclic) bond motifs is 2. The van der Waals surface area contributed by atoms with E-state index in [0.29, 0.717) is 30.3 Å². The Morgan fingerprint density at radius 3 is 2.56 bits per heavy atom. The van der Waals surface area contributed by atoms with Gasteiger partial charge in [0.05, 0.1) is 6.04 Å². The average molecular weight is 367 g/mol. The highest BCUT2D eigenvalue weighted by Crippen LogP contribution is 2.42. The average Bonchev–Trinajstić information content (AvgIpc) is 2.73. The van der Waals surface area contributed by atoms with E-state index in [9.17, 15) is 4.79 Å². The number of rotatable bonds is 4. The Balaban J connectivity index is 1.60. The third-order valence-corrected chi connectivity index (χ3v) is 5.60. The molecule has 4 rings (SSSR count). The van der Waals surface area contributed by atoms with Crippen molar-refractivity contribution >= 4 is 5.91 Å². The lowest BCUT2D eigenvalue weighted by Crippen LogP contribution is -2.44. The molecule has 27 heavy (non-hydrogen) atoms. The topological polar surface area (TPSA) is 56.8 Å². The first-order valence-electron chi connectivity index (χ1n) is 9.62. The van der Waals surface area contributed by atoms with Crippen molar-refractivity contribution in [3.63, 3.8) is 0 Å². The summed E-state index contributed by atoms with van der Waals surface area (Å²) in [6, 6.07) is 13.2. The Labute approximate surface area is 159 Å². The molecule has 142 valence electrons. The Morgan fingerprint density at radius 1 is 1.04 bits per heavy atom. The number of carbonyl (C=O) groups is 1. The minimum Gasteiger partial charge on any atom is -0.487 e. The van der Waals surface area contributed by atoms with E-state index < -0.39 is 0 Å². The molecule has 2 aliphatic rings. The predicted octanol–water partition coefficient (Wildman–Crippen LogP) is 4.27. The number of amides is 1. The molecule has 2 heterocycles. The van der Waals surface area contributed by atoms with Crippen LogP contribution in [0.1, 0.15) is 55.1 Å². The number of benzene rings is 2. The molecule has 5 nitrogen and oxygen atoms in total. The molecular formula is C22H25NO4.